The van der Waals surface area contributed by atoms with Crippen molar-refractivity contribution in [3.05, 3.63) is 17.5 Å². The maximum Gasteiger partial charge on any atom is 0.270 e. The zero-order valence-electron chi connectivity index (χ0n) is 10.6. The SMILES string of the molecule is CCn1nc(C)cc1C(=O)NC(CO)(CO)CO. The summed E-state index contributed by atoms with van der Waals surface area (Å²) in [5.74, 6) is -0.491. The second kappa shape index (κ2) is 5.94. The van der Waals surface area contributed by atoms with Gasteiger partial charge in [-0.1, -0.05) is 0 Å². The highest BCUT2D eigenvalue weighted by molar-refractivity contribution is 5.93. The van der Waals surface area contributed by atoms with E-state index in [-0.39, 0.29) is 0 Å². The van der Waals surface area contributed by atoms with Gasteiger partial charge >= 0.3 is 0 Å². The first kappa shape index (κ1) is 14.6. The van der Waals surface area contributed by atoms with Crippen LogP contribution in [0, 0.1) is 6.92 Å². The lowest BCUT2D eigenvalue weighted by atomic mass is 10.0. The first-order valence-corrected chi connectivity index (χ1v) is 5.71. The number of hydrogen-bond acceptors (Lipinski definition) is 5. The van der Waals surface area contributed by atoms with E-state index in [9.17, 15) is 4.79 Å². The van der Waals surface area contributed by atoms with E-state index in [2.05, 4.69) is 10.4 Å². The van der Waals surface area contributed by atoms with Gasteiger partial charge in [0, 0.05) is 6.54 Å². The summed E-state index contributed by atoms with van der Waals surface area (Å²) >= 11 is 0. The molecular formula is C11H19N3O4. The zero-order valence-corrected chi connectivity index (χ0v) is 10.6. The van der Waals surface area contributed by atoms with E-state index in [4.69, 9.17) is 15.3 Å². The number of carbonyl (C=O) groups is 1. The van der Waals surface area contributed by atoms with Crippen LogP contribution in [0.1, 0.15) is 23.1 Å². The maximum absolute atomic E-state index is 12.0. The van der Waals surface area contributed by atoms with Gasteiger partial charge in [0.15, 0.2) is 0 Å². The molecule has 0 radical (unpaired) electrons. The Balaban J connectivity index is 2.93. The molecule has 0 atom stereocenters. The van der Waals surface area contributed by atoms with E-state index in [1.807, 2.05) is 6.92 Å². The van der Waals surface area contributed by atoms with Crippen LogP contribution in [0.4, 0.5) is 0 Å². The highest BCUT2D eigenvalue weighted by Crippen LogP contribution is 2.08. The number of carbonyl (C=O) groups excluding carboxylic acids is 1. The van der Waals surface area contributed by atoms with E-state index in [1.54, 1.807) is 13.0 Å². The van der Waals surface area contributed by atoms with Crippen LogP contribution in [0.5, 0.6) is 0 Å². The third-order valence-corrected chi connectivity index (χ3v) is 2.72. The molecule has 102 valence electrons. The molecule has 1 rings (SSSR count). The van der Waals surface area contributed by atoms with E-state index in [0.29, 0.717) is 17.9 Å². The maximum atomic E-state index is 12.0. The third kappa shape index (κ3) is 2.87. The molecule has 0 unspecified atom stereocenters. The van der Waals surface area contributed by atoms with Crippen LogP contribution < -0.4 is 5.32 Å². The fraction of sp³-hybridized carbons (Fsp3) is 0.636. The van der Waals surface area contributed by atoms with E-state index < -0.39 is 31.3 Å². The van der Waals surface area contributed by atoms with Crippen molar-refractivity contribution >= 4 is 5.91 Å². The quantitative estimate of drug-likeness (QED) is 0.504. The summed E-state index contributed by atoms with van der Waals surface area (Å²) in [7, 11) is 0. The minimum Gasteiger partial charge on any atom is -0.394 e. The minimum absolute atomic E-state index is 0.328. The smallest absolute Gasteiger partial charge is 0.270 e. The summed E-state index contributed by atoms with van der Waals surface area (Å²) < 4.78 is 1.52. The molecule has 1 aromatic heterocycles. The van der Waals surface area contributed by atoms with Gasteiger partial charge in [-0.15, -0.1) is 0 Å². The van der Waals surface area contributed by atoms with Crippen molar-refractivity contribution in [2.75, 3.05) is 19.8 Å². The Morgan fingerprint density at radius 1 is 1.39 bits per heavy atom. The molecule has 0 spiro atoms. The molecule has 0 aliphatic rings. The van der Waals surface area contributed by atoms with Gasteiger partial charge in [-0.2, -0.15) is 5.10 Å². The molecule has 4 N–H and O–H groups in total. The monoisotopic (exact) mass is 257 g/mol. The summed E-state index contributed by atoms with van der Waals surface area (Å²) in [6.45, 7) is 2.49. The predicted molar refractivity (Wildman–Crippen MR) is 64.1 cm³/mol. The number of rotatable bonds is 6. The summed E-state index contributed by atoms with van der Waals surface area (Å²) in [5.41, 5.74) is -0.396. The van der Waals surface area contributed by atoms with Crippen molar-refractivity contribution in [1.29, 1.82) is 0 Å². The van der Waals surface area contributed by atoms with E-state index in [0.717, 1.165) is 0 Å². The molecule has 0 fully saturated rings. The molecule has 0 saturated carbocycles. The van der Waals surface area contributed by atoms with Gasteiger partial charge in [-0.3, -0.25) is 9.48 Å². The van der Waals surface area contributed by atoms with Crippen LogP contribution in [0.2, 0.25) is 0 Å². The molecule has 0 bridgehead atoms. The van der Waals surface area contributed by atoms with E-state index >= 15 is 0 Å². The van der Waals surface area contributed by atoms with E-state index in [1.165, 1.54) is 4.68 Å². The number of nitrogens with one attached hydrogen (secondary N) is 1. The lowest BCUT2D eigenvalue weighted by Crippen LogP contribution is -2.57. The average Bonchev–Trinajstić information content (AvgIpc) is 2.77. The number of nitrogens with zero attached hydrogens (tertiary/aromatic N) is 2. The van der Waals surface area contributed by atoms with Gasteiger partial charge in [0.05, 0.1) is 25.5 Å². The molecule has 7 heteroatoms. The van der Waals surface area contributed by atoms with Crippen molar-refractivity contribution in [2.45, 2.75) is 25.9 Å². The van der Waals surface area contributed by atoms with Gasteiger partial charge in [0.25, 0.3) is 5.91 Å². The summed E-state index contributed by atoms with van der Waals surface area (Å²) in [4.78, 5) is 12.0. The predicted octanol–water partition coefficient (Wildman–Crippen LogP) is -1.34. The van der Waals surface area contributed by atoms with Crippen molar-refractivity contribution in [3.63, 3.8) is 0 Å². The topological polar surface area (TPSA) is 108 Å². The van der Waals surface area contributed by atoms with Gasteiger partial charge in [-0.25, -0.2) is 0 Å². The van der Waals surface area contributed by atoms with Gasteiger partial charge in [-0.05, 0) is 19.9 Å². The number of aliphatic hydroxyl groups excluding tert-OH is 3. The molecule has 1 heterocycles. The Morgan fingerprint density at radius 2 is 1.94 bits per heavy atom. The van der Waals surface area contributed by atoms with Gasteiger partial charge in [0.1, 0.15) is 11.2 Å². The fourth-order valence-electron chi connectivity index (χ4n) is 1.54. The fourth-order valence-corrected chi connectivity index (χ4v) is 1.54. The first-order valence-electron chi connectivity index (χ1n) is 5.71. The first-order chi connectivity index (χ1) is 8.51. The second-order valence-electron chi connectivity index (χ2n) is 4.20. The Morgan fingerprint density at radius 3 is 2.39 bits per heavy atom. The zero-order chi connectivity index (χ0) is 13.8. The van der Waals surface area contributed by atoms with Crippen LogP contribution in [0.25, 0.3) is 0 Å². The second-order valence-corrected chi connectivity index (χ2v) is 4.20. The van der Waals surface area contributed by atoms with Crippen LogP contribution in [0.15, 0.2) is 6.07 Å². The Labute approximate surface area is 105 Å². The lowest BCUT2D eigenvalue weighted by molar-refractivity contribution is 0.0370. The van der Waals surface area contributed by atoms with Crippen LogP contribution in [-0.2, 0) is 6.54 Å². The molecule has 18 heavy (non-hydrogen) atoms. The summed E-state index contributed by atoms with van der Waals surface area (Å²) in [5, 5.41) is 34.0. The minimum atomic E-state index is -1.42. The van der Waals surface area contributed by atoms with Crippen molar-refractivity contribution in [2.24, 2.45) is 0 Å². The normalized spacial score (nSPS) is 11.6. The Hall–Kier alpha value is -1.44. The van der Waals surface area contributed by atoms with Gasteiger partial charge < -0.3 is 20.6 Å². The number of aliphatic hydroxyl groups is 3. The third-order valence-electron chi connectivity index (χ3n) is 2.72. The molecular weight excluding hydrogens is 238 g/mol. The Kier molecular flexibility index (Phi) is 4.83. The lowest BCUT2D eigenvalue weighted by Gasteiger charge is -2.28. The van der Waals surface area contributed by atoms with Crippen molar-refractivity contribution in [3.8, 4) is 0 Å². The largest absolute Gasteiger partial charge is 0.394 e. The standard InChI is InChI=1S/C11H19N3O4/c1-3-14-9(4-8(2)13-14)10(18)12-11(5-15,6-16)7-17/h4,15-17H,3,5-7H2,1-2H3,(H,12,18). The summed E-state index contributed by atoms with van der Waals surface area (Å²) in [6, 6.07) is 1.61. The highest BCUT2D eigenvalue weighted by Gasteiger charge is 2.31. The summed E-state index contributed by atoms with van der Waals surface area (Å²) in [6.07, 6.45) is 0. The van der Waals surface area contributed by atoms with Crippen molar-refractivity contribution in [1.82, 2.24) is 15.1 Å². The van der Waals surface area contributed by atoms with Gasteiger partial charge in [0.2, 0.25) is 0 Å². The molecule has 1 amide bonds. The average molecular weight is 257 g/mol. The Bertz CT molecular complexity index is 404. The molecule has 0 aliphatic carbocycles. The molecule has 1 aromatic rings. The number of hydrogen-bond donors (Lipinski definition) is 4. The molecule has 0 aliphatic heterocycles. The molecule has 0 saturated heterocycles. The highest BCUT2D eigenvalue weighted by atomic mass is 16.3. The van der Waals surface area contributed by atoms with Crippen LogP contribution in [-0.4, -0.2) is 56.4 Å². The number of amides is 1. The molecule has 0 aromatic carbocycles. The molecule has 7 nitrogen and oxygen atoms in total. The van der Waals surface area contributed by atoms with Crippen LogP contribution >= 0.6 is 0 Å². The van der Waals surface area contributed by atoms with Crippen molar-refractivity contribution < 1.29 is 20.1 Å². The number of aryl methyl sites for hydroxylation is 2. The van der Waals surface area contributed by atoms with Crippen LogP contribution in [0.3, 0.4) is 0 Å². The number of aromatic nitrogens is 2.